The van der Waals surface area contributed by atoms with Gasteiger partial charge in [-0.2, -0.15) is 70.1 Å². The van der Waals surface area contributed by atoms with Crippen LogP contribution in [0.4, 0.5) is 17.8 Å². The highest BCUT2D eigenvalue weighted by molar-refractivity contribution is 7.98. The van der Waals surface area contributed by atoms with Crippen LogP contribution in [0.25, 0.3) is 55.5 Å². The van der Waals surface area contributed by atoms with Crippen molar-refractivity contribution in [3.05, 3.63) is 202 Å². The number of thioether (sulfide) groups is 2. The van der Waals surface area contributed by atoms with Gasteiger partial charge >= 0.3 is 7.12 Å². The lowest BCUT2D eigenvalue weighted by molar-refractivity contribution is -0.134. The van der Waals surface area contributed by atoms with Crippen LogP contribution in [0.15, 0.2) is 180 Å². The van der Waals surface area contributed by atoms with Gasteiger partial charge in [-0.1, -0.05) is 151 Å². The fourth-order valence-electron chi connectivity index (χ4n) is 16.5. The predicted octanol–water partition coefficient (Wildman–Crippen LogP) is 16.3. The normalized spacial score (nSPS) is 19.9. The maximum Gasteiger partial charge on any atom is 0.495 e. The van der Waals surface area contributed by atoms with E-state index in [0.29, 0.717) is 105 Å². The number of amides is 1. The van der Waals surface area contributed by atoms with Gasteiger partial charge in [0.1, 0.15) is 18.7 Å². The third kappa shape index (κ3) is 27.1. The number of hydrogen-bond acceptors (Lipinski definition) is 32. The molecule has 7 saturated heterocycles. The molecule has 0 bridgehead atoms. The van der Waals surface area contributed by atoms with Crippen LogP contribution in [0.5, 0.6) is 0 Å². The molecule has 14 heterocycles. The summed E-state index contributed by atoms with van der Waals surface area (Å²) >= 11 is 25.2. The highest BCUT2D eigenvalue weighted by Gasteiger charge is 2.52. The Balaban J connectivity index is 0.000000126. The average Bonchev–Trinajstić information content (AvgIpc) is 1.61. The van der Waals surface area contributed by atoms with Crippen molar-refractivity contribution >= 4 is 149 Å². The summed E-state index contributed by atoms with van der Waals surface area (Å²) < 4.78 is 79.3. The minimum atomic E-state index is -3.83. The van der Waals surface area contributed by atoms with Gasteiger partial charge in [-0.05, 0) is 198 Å². The van der Waals surface area contributed by atoms with Gasteiger partial charge in [0.25, 0.3) is 5.16 Å². The number of hydrogen-bond donors (Lipinski definition) is 1. The Morgan fingerprint density at radius 1 is 0.428 bits per heavy atom. The van der Waals surface area contributed by atoms with E-state index in [1.54, 1.807) is 54.7 Å². The first kappa shape index (κ1) is 101. The van der Waals surface area contributed by atoms with Crippen molar-refractivity contribution in [3.63, 3.8) is 0 Å². The van der Waals surface area contributed by atoms with Crippen molar-refractivity contribution < 1.29 is 56.0 Å². The van der Waals surface area contributed by atoms with E-state index in [9.17, 15) is 18.3 Å². The lowest BCUT2D eigenvalue weighted by atomic mass is 9.77. The SMILES string of the molecule is CC1(C)OB(c2cccc3nn(C4CCCCO4)cc23)OC1(C)C.CN(C)C(=O)C1CCC(O)CC1.Clc1nc(Cl)nc(Cl)n1.Clc1nc(SCc2ccccc2)nc(N2CCOCC2)n1.O=S(=O)(Cc1ccccc1)c1nc(-c2cccc3nn(C4CCCCO4)cc23)nc(N2CCOCC2)n1.c1ccc(CSc2nc(-c3cccc4nn(C5CCCCO5)cc34)nc(N3CCOCC3)n2)cc1. The molecular formula is C96H113BCl4N22O12S3. The van der Waals surface area contributed by atoms with Gasteiger partial charge < -0.3 is 62.4 Å². The van der Waals surface area contributed by atoms with Crippen molar-refractivity contribution in [1.82, 2.24) is 94.0 Å². The number of halogens is 4. The molecule has 8 fully saturated rings. The molecule has 7 aliphatic heterocycles. The van der Waals surface area contributed by atoms with Crippen molar-refractivity contribution in [2.24, 2.45) is 5.92 Å². The number of carbonyl (C=O) groups excluding carboxylic acids is 1. The molecule has 13 aromatic rings. The molecule has 0 radical (unpaired) electrons. The molecule has 138 heavy (non-hydrogen) atoms. The molecule has 21 rings (SSSR count). The van der Waals surface area contributed by atoms with Crippen LogP contribution in [0, 0.1) is 5.92 Å². The third-order valence-electron chi connectivity index (χ3n) is 24.7. The van der Waals surface area contributed by atoms with Crippen LogP contribution >= 0.6 is 69.9 Å². The summed E-state index contributed by atoms with van der Waals surface area (Å²) in [5, 5.41) is 27.8. The minimum Gasteiger partial charge on any atom is -0.399 e. The Labute approximate surface area is 831 Å². The van der Waals surface area contributed by atoms with Crippen LogP contribution in [0.3, 0.4) is 0 Å². The van der Waals surface area contributed by atoms with Gasteiger partial charge in [0.05, 0.1) is 79.3 Å². The number of morpholine rings is 3. The van der Waals surface area contributed by atoms with Gasteiger partial charge in [-0.3, -0.25) is 4.79 Å². The zero-order valence-electron chi connectivity index (χ0n) is 78.0. The van der Waals surface area contributed by atoms with E-state index in [1.165, 1.54) is 17.5 Å². The van der Waals surface area contributed by atoms with Crippen LogP contribution in [0.1, 0.15) is 147 Å². The maximum absolute atomic E-state index is 13.5. The Hall–Kier alpha value is -9.85. The summed E-state index contributed by atoms with van der Waals surface area (Å²) in [6, 6.07) is 47.6. The van der Waals surface area contributed by atoms with E-state index < -0.39 is 9.84 Å². The molecule has 3 atom stereocenters. The van der Waals surface area contributed by atoms with Crippen molar-refractivity contribution in [2.45, 2.75) is 180 Å². The van der Waals surface area contributed by atoms with Crippen molar-refractivity contribution in [1.29, 1.82) is 0 Å². The first-order chi connectivity index (χ1) is 66.9. The van der Waals surface area contributed by atoms with Gasteiger partial charge in [0, 0.05) is 136 Å². The number of sulfone groups is 1. The number of aromatic nitrogens is 18. The summed E-state index contributed by atoms with van der Waals surface area (Å²) in [6.45, 7) is 18.6. The zero-order valence-corrected chi connectivity index (χ0v) is 83.5. The van der Waals surface area contributed by atoms with Crippen LogP contribution < -0.4 is 20.2 Å². The third-order valence-corrected chi connectivity index (χ3v) is 28.6. The molecule has 1 N–H and O–H groups in total. The number of nitrogens with zero attached hydrogens (tertiary/aromatic N) is 22. The van der Waals surface area contributed by atoms with Crippen LogP contribution in [-0.2, 0) is 69.6 Å². The Morgan fingerprint density at radius 3 is 1.24 bits per heavy atom. The van der Waals surface area contributed by atoms with Gasteiger partial charge in [0.15, 0.2) is 22.0 Å². The van der Waals surface area contributed by atoms with Gasteiger partial charge in [0.2, 0.25) is 54.7 Å². The standard InChI is InChI=1S/C26H28N6O4S.C26H28N6O2S.C18H25BN2O3.C14H15ClN4OS.C9H17NO2.C3Cl3N3/c33-37(34,18-19-7-2-1-3-8-19)26-28-24(27-25(29-26)31-12-15-35-16-13-31)20-9-6-10-22-21(20)17-32(30-22)23-11-4-5-14-36-23;1-2-7-19(8-3-1)18-35-26-28-24(27-25(29-26)31-12-15-33-16-13-31)20-9-6-10-22-21(20)17-32(30-22)23-11-4-5-14-34-23;1-17(2)18(3,4)24-19(23-17)14-8-7-9-15-13(14)12-21(20-15)16-10-5-6-11-22-16;15-12-16-13(19-6-8-20-9-7-19)18-14(17-12)21-10-11-4-2-1-3-5-11;1-10(2)9(12)7-3-5-8(11)6-4-7;4-1-7-2(5)9-3(6)8-1/h1-3,6-10,17,23H,4-5,11-16,18H2;1-3,6-10,17,23H,4-5,11-16,18H2;7-9,12,16H,5-6,10-11H2,1-4H3;1-5H,6-10H2;7-8,11H,3-6H2,1-2H3;. The smallest absolute Gasteiger partial charge is 0.399 e. The summed E-state index contributed by atoms with van der Waals surface area (Å²) in [6.07, 6.45) is 18.7. The lowest BCUT2D eigenvalue weighted by Gasteiger charge is -2.32. The average molecular weight is 2020 g/mol. The maximum atomic E-state index is 13.5. The molecule has 42 heteroatoms. The fourth-order valence-corrected chi connectivity index (χ4v) is 20.1. The van der Waals surface area contributed by atoms with E-state index in [2.05, 4.69) is 138 Å². The summed E-state index contributed by atoms with van der Waals surface area (Å²) in [5.74, 6) is 4.43. The number of carbonyl (C=O) groups is 1. The van der Waals surface area contributed by atoms with E-state index in [0.717, 1.165) is 177 Å². The molecule has 3 unspecified atom stereocenters. The van der Waals surface area contributed by atoms with Gasteiger partial charge in [-0.25, -0.2) is 27.4 Å². The number of aliphatic hydroxyl groups excluding tert-OH is 1. The van der Waals surface area contributed by atoms with Crippen molar-refractivity contribution in [2.75, 3.05) is 128 Å². The zero-order chi connectivity index (χ0) is 96.1. The van der Waals surface area contributed by atoms with E-state index in [1.807, 2.05) is 110 Å². The second-order valence-corrected chi connectivity index (χ2v) is 40.4. The Morgan fingerprint density at radius 2 is 0.812 bits per heavy atom. The first-order valence-electron chi connectivity index (χ1n) is 46.7. The topological polar surface area (TPSA) is 366 Å². The van der Waals surface area contributed by atoms with E-state index in [-0.39, 0.29) is 87.0 Å². The largest absolute Gasteiger partial charge is 0.495 e. The second-order valence-electron chi connectivity index (χ2n) is 35.3. The first-order valence-corrected chi connectivity index (χ1v) is 51.8. The highest BCUT2D eigenvalue weighted by Crippen LogP contribution is 2.40. The quantitative estimate of drug-likeness (QED) is 0.0580. The molecule has 7 aromatic heterocycles. The van der Waals surface area contributed by atoms with Crippen LogP contribution in [0.2, 0.25) is 21.1 Å². The molecular weight excluding hydrogens is 1900 g/mol. The molecule has 0 spiro atoms. The minimum absolute atomic E-state index is 0.000000000000000444. The molecule has 1 saturated carbocycles. The molecule has 728 valence electrons. The fraction of sp³-hybridized carbons (Fsp3) is 0.458. The predicted molar refractivity (Wildman–Crippen MR) is 534 cm³/mol. The summed E-state index contributed by atoms with van der Waals surface area (Å²) in [7, 11) is -0.633. The second kappa shape index (κ2) is 48.1. The number of rotatable bonds is 19. The molecule has 8 aliphatic rings. The molecule has 6 aromatic carbocycles. The summed E-state index contributed by atoms with van der Waals surface area (Å²) in [5.41, 5.74) is 7.80. The molecule has 1 amide bonds. The number of fused-ring (bicyclic) bond motifs is 3. The number of benzene rings is 6. The van der Waals surface area contributed by atoms with E-state index >= 15 is 0 Å². The van der Waals surface area contributed by atoms with Crippen molar-refractivity contribution in [3.8, 4) is 22.8 Å². The number of anilines is 3. The Kier molecular flexibility index (Phi) is 35.2. The lowest BCUT2D eigenvalue weighted by Crippen LogP contribution is -2.41. The Bertz CT molecular complexity index is 6230. The molecule has 1 aliphatic carbocycles. The van der Waals surface area contributed by atoms with Gasteiger partial charge in [-0.15, -0.1) is 0 Å². The highest BCUT2D eigenvalue weighted by atomic mass is 35.5. The monoisotopic (exact) mass is 2010 g/mol. The summed E-state index contributed by atoms with van der Waals surface area (Å²) in [4.78, 5) is 70.9. The van der Waals surface area contributed by atoms with Crippen LogP contribution in [-0.4, -0.2) is 251 Å². The number of ether oxygens (including phenoxy) is 6. The molecule has 34 nitrogen and oxygen atoms in total. The van der Waals surface area contributed by atoms with E-state index in [4.69, 9.17) is 119 Å². The number of aliphatic hydroxyl groups is 1.